The fourth-order valence-electron chi connectivity index (χ4n) is 3.16. The minimum absolute atomic E-state index is 0.143. The first-order valence-electron chi connectivity index (χ1n) is 9.19. The van der Waals surface area contributed by atoms with Gasteiger partial charge in [0.2, 0.25) is 0 Å². The Morgan fingerprint density at radius 3 is 2.07 bits per heavy atom. The van der Waals surface area contributed by atoms with Crippen molar-refractivity contribution >= 4 is 34.9 Å². The molecular weight excluding hydrogens is 389 g/mol. The van der Waals surface area contributed by atoms with Crippen LogP contribution in [-0.2, 0) is 9.53 Å². The second-order valence-corrected chi connectivity index (χ2v) is 7.61. The van der Waals surface area contributed by atoms with Crippen LogP contribution in [0.25, 0.3) is 0 Å². The van der Waals surface area contributed by atoms with Crippen molar-refractivity contribution in [1.29, 1.82) is 0 Å². The molecule has 1 aliphatic heterocycles. The predicted octanol–water partition coefficient (Wildman–Crippen LogP) is 5.24. The normalized spacial score (nSPS) is 12.1. The molecule has 1 aliphatic rings. The maximum Gasteiger partial charge on any atom is 0.308 e. The summed E-state index contributed by atoms with van der Waals surface area (Å²) in [6, 6.07) is 21.3. The molecule has 0 fully saturated rings. The highest BCUT2D eigenvalue weighted by molar-refractivity contribution is 7.99. The highest BCUT2D eigenvalue weighted by atomic mass is 32.2. The average molecular weight is 407 g/mol. The molecule has 3 aromatic rings. The smallest absolute Gasteiger partial charge is 0.308 e. The molecule has 4 rings (SSSR count). The van der Waals surface area contributed by atoms with E-state index in [0.29, 0.717) is 12.1 Å². The lowest BCUT2D eigenvalue weighted by molar-refractivity contribution is -0.142. The highest BCUT2D eigenvalue weighted by Gasteiger charge is 2.23. The van der Waals surface area contributed by atoms with Crippen LogP contribution in [0.1, 0.15) is 16.8 Å². The average Bonchev–Trinajstić information content (AvgIpc) is 2.75. The van der Waals surface area contributed by atoms with Gasteiger partial charge in [-0.25, -0.2) is 4.39 Å². The van der Waals surface area contributed by atoms with E-state index in [9.17, 15) is 14.0 Å². The number of carbonyl (C=O) groups excluding carboxylic acids is 2. The van der Waals surface area contributed by atoms with Gasteiger partial charge >= 0.3 is 5.97 Å². The predicted molar refractivity (Wildman–Crippen MR) is 110 cm³/mol. The quantitative estimate of drug-likeness (QED) is 0.413. The van der Waals surface area contributed by atoms with Crippen LogP contribution in [0.4, 0.5) is 15.8 Å². The van der Waals surface area contributed by atoms with E-state index in [4.69, 9.17) is 4.74 Å². The van der Waals surface area contributed by atoms with Crippen molar-refractivity contribution < 1.29 is 18.7 Å². The molecule has 0 amide bonds. The number of halogens is 1. The van der Waals surface area contributed by atoms with Crippen molar-refractivity contribution in [1.82, 2.24) is 0 Å². The molecule has 3 aromatic carbocycles. The van der Waals surface area contributed by atoms with Gasteiger partial charge in [0.1, 0.15) is 5.82 Å². The molecule has 0 aromatic heterocycles. The Bertz CT molecular complexity index is 1010. The molecule has 0 radical (unpaired) electrons. The van der Waals surface area contributed by atoms with Crippen LogP contribution in [0, 0.1) is 5.82 Å². The zero-order valence-corrected chi connectivity index (χ0v) is 16.3. The Labute approximate surface area is 172 Å². The fraction of sp³-hybridized carbons (Fsp3) is 0.130. The second-order valence-electron chi connectivity index (χ2n) is 6.53. The van der Waals surface area contributed by atoms with Crippen LogP contribution in [0.2, 0.25) is 0 Å². The van der Waals surface area contributed by atoms with Crippen molar-refractivity contribution in [2.45, 2.75) is 16.2 Å². The lowest BCUT2D eigenvalue weighted by Gasteiger charge is -2.32. The maximum atomic E-state index is 12.9. The summed E-state index contributed by atoms with van der Waals surface area (Å²) in [5, 5.41) is 0. The molecule has 6 heteroatoms. The van der Waals surface area contributed by atoms with Gasteiger partial charge in [-0.05, 0) is 48.5 Å². The molecule has 0 spiro atoms. The molecule has 146 valence electrons. The molecule has 0 atom stereocenters. The van der Waals surface area contributed by atoms with E-state index in [0.717, 1.165) is 21.2 Å². The number of rotatable bonds is 6. The Morgan fingerprint density at radius 1 is 0.862 bits per heavy atom. The van der Waals surface area contributed by atoms with Gasteiger partial charge in [-0.2, -0.15) is 0 Å². The number of esters is 1. The van der Waals surface area contributed by atoms with Crippen molar-refractivity contribution in [2.75, 3.05) is 18.1 Å². The molecule has 29 heavy (non-hydrogen) atoms. The van der Waals surface area contributed by atoms with E-state index in [-0.39, 0.29) is 18.8 Å². The van der Waals surface area contributed by atoms with Gasteiger partial charge in [0.15, 0.2) is 12.4 Å². The van der Waals surface area contributed by atoms with Gasteiger partial charge in [-0.3, -0.25) is 9.59 Å². The third kappa shape index (κ3) is 4.32. The molecule has 0 N–H and O–H groups in total. The number of benzene rings is 3. The van der Waals surface area contributed by atoms with Crippen LogP contribution < -0.4 is 4.90 Å². The van der Waals surface area contributed by atoms with Crippen molar-refractivity contribution in [3.63, 3.8) is 0 Å². The SMILES string of the molecule is O=C(CCN1c2ccccc2Sc2ccccc21)OCC(=O)c1ccc(F)cc1. The van der Waals surface area contributed by atoms with E-state index < -0.39 is 11.8 Å². The minimum Gasteiger partial charge on any atom is -0.457 e. The summed E-state index contributed by atoms with van der Waals surface area (Å²) in [5.74, 6) is -1.23. The molecule has 0 aliphatic carbocycles. The standard InChI is InChI=1S/C23H18FNO3S/c24-17-11-9-16(10-12-17)20(26)15-28-23(27)13-14-25-18-5-1-3-7-21(18)29-22-8-4-2-6-19(22)25/h1-12H,13-15H2. The number of hydrogen-bond donors (Lipinski definition) is 0. The van der Waals surface area contributed by atoms with Crippen LogP contribution in [0.3, 0.4) is 0 Å². The zero-order valence-electron chi connectivity index (χ0n) is 15.5. The number of carbonyl (C=O) groups is 2. The summed E-state index contributed by atoms with van der Waals surface area (Å²) in [5.41, 5.74) is 2.41. The molecule has 0 unspecified atom stereocenters. The second kappa shape index (κ2) is 8.49. The third-order valence-corrected chi connectivity index (χ3v) is 5.73. The number of para-hydroxylation sites is 2. The van der Waals surface area contributed by atoms with Crippen LogP contribution >= 0.6 is 11.8 Å². The molecule has 4 nitrogen and oxygen atoms in total. The minimum atomic E-state index is -0.450. The Morgan fingerprint density at radius 2 is 1.45 bits per heavy atom. The van der Waals surface area contributed by atoms with E-state index in [1.807, 2.05) is 36.4 Å². The summed E-state index contributed by atoms with van der Waals surface area (Å²) in [6.45, 7) is 0.0889. The van der Waals surface area contributed by atoms with Crippen molar-refractivity contribution in [3.8, 4) is 0 Å². The monoisotopic (exact) mass is 407 g/mol. The first-order valence-corrected chi connectivity index (χ1v) is 10.0. The molecule has 1 heterocycles. The summed E-state index contributed by atoms with van der Waals surface area (Å²) in [6.07, 6.45) is 0.143. The van der Waals surface area contributed by atoms with Gasteiger partial charge in [0.05, 0.1) is 17.8 Å². The van der Waals surface area contributed by atoms with Crippen LogP contribution in [0.15, 0.2) is 82.6 Å². The number of Topliss-reactive ketones (excluding diaryl/α,β-unsaturated/α-hetero) is 1. The number of nitrogens with zero attached hydrogens (tertiary/aromatic N) is 1. The van der Waals surface area contributed by atoms with E-state index in [1.165, 1.54) is 24.3 Å². The van der Waals surface area contributed by atoms with E-state index in [1.54, 1.807) is 11.8 Å². The van der Waals surface area contributed by atoms with Gasteiger partial charge < -0.3 is 9.64 Å². The molecule has 0 saturated carbocycles. The summed E-state index contributed by atoms with van der Waals surface area (Å²) in [7, 11) is 0. The number of ketones is 1. The number of fused-ring (bicyclic) bond motifs is 2. The van der Waals surface area contributed by atoms with Crippen LogP contribution in [0.5, 0.6) is 0 Å². The summed E-state index contributed by atoms with van der Waals surface area (Å²) in [4.78, 5) is 28.7. The first kappa shape index (κ1) is 19.2. The van der Waals surface area contributed by atoms with Crippen LogP contribution in [-0.4, -0.2) is 24.9 Å². The largest absolute Gasteiger partial charge is 0.457 e. The Hall–Kier alpha value is -3.12. The molecule has 0 saturated heterocycles. The first-order chi connectivity index (χ1) is 14.1. The molecular formula is C23H18FNO3S. The Balaban J connectivity index is 1.39. The van der Waals surface area contributed by atoms with Gasteiger partial charge in [0.25, 0.3) is 0 Å². The van der Waals surface area contributed by atoms with Gasteiger partial charge in [-0.15, -0.1) is 0 Å². The highest BCUT2D eigenvalue weighted by Crippen LogP contribution is 2.47. The van der Waals surface area contributed by atoms with E-state index in [2.05, 4.69) is 17.0 Å². The van der Waals surface area contributed by atoms with Crippen molar-refractivity contribution in [3.05, 3.63) is 84.2 Å². The van der Waals surface area contributed by atoms with Gasteiger partial charge in [-0.1, -0.05) is 36.0 Å². The van der Waals surface area contributed by atoms with Crippen molar-refractivity contribution in [2.24, 2.45) is 0 Å². The topological polar surface area (TPSA) is 46.6 Å². The zero-order chi connectivity index (χ0) is 20.2. The van der Waals surface area contributed by atoms with E-state index >= 15 is 0 Å². The number of ether oxygens (including phenoxy) is 1. The summed E-state index contributed by atoms with van der Waals surface area (Å²) >= 11 is 1.70. The summed E-state index contributed by atoms with van der Waals surface area (Å²) < 4.78 is 18.1. The number of hydrogen-bond acceptors (Lipinski definition) is 5. The Kier molecular flexibility index (Phi) is 5.62. The lowest BCUT2D eigenvalue weighted by Crippen LogP contribution is -2.25. The molecule has 0 bridgehead atoms. The fourth-order valence-corrected chi connectivity index (χ4v) is 4.26. The number of anilines is 2. The van der Waals surface area contributed by atoms with Gasteiger partial charge in [0, 0.05) is 21.9 Å². The third-order valence-electron chi connectivity index (χ3n) is 4.60. The maximum absolute atomic E-state index is 12.9. The lowest BCUT2D eigenvalue weighted by atomic mass is 10.1.